The molecular formula is C15H21NO. The second-order valence-corrected chi connectivity index (χ2v) is 5.04. The number of nitrogens with two attached hydrogens (primary N) is 1. The van der Waals surface area contributed by atoms with E-state index in [0.717, 1.165) is 31.6 Å². The van der Waals surface area contributed by atoms with Crippen molar-refractivity contribution in [3.63, 3.8) is 0 Å². The molecule has 0 amide bonds. The first-order valence-electron chi connectivity index (χ1n) is 6.25. The van der Waals surface area contributed by atoms with Crippen LogP contribution in [0.2, 0.25) is 0 Å². The number of fused-ring (bicyclic) bond motifs is 1. The van der Waals surface area contributed by atoms with Crippen molar-refractivity contribution in [3.05, 3.63) is 42.0 Å². The van der Waals surface area contributed by atoms with Crippen LogP contribution in [0.3, 0.4) is 0 Å². The molecule has 0 spiro atoms. The Kier molecular flexibility index (Phi) is 3.53. The van der Waals surface area contributed by atoms with Crippen molar-refractivity contribution in [2.75, 3.05) is 13.2 Å². The Morgan fingerprint density at radius 1 is 1.47 bits per heavy atom. The molecule has 1 aliphatic rings. The van der Waals surface area contributed by atoms with Crippen LogP contribution in [-0.2, 0) is 5.41 Å². The molecule has 1 aromatic rings. The lowest BCUT2D eigenvalue weighted by Gasteiger charge is -2.38. The van der Waals surface area contributed by atoms with Gasteiger partial charge in [-0.1, -0.05) is 23.8 Å². The van der Waals surface area contributed by atoms with E-state index >= 15 is 0 Å². The Bertz CT molecular complexity index is 413. The number of hydrogen-bond donors (Lipinski definition) is 1. The molecule has 1 aliphatic heterocycles. The molecule has 0 aromatic heterocycles. The fourth-order valence-corrected chi connectivity index (χ4v) is 2.55. The molecule has 2 N–H and O–H groups in total. The lowest BCUT2D eigenvalue weighted by molar-refractivity contribution is 0.208. The minimum Gasteiger partial charge on any atom is -0.493 e. The molecule has 2 heteroatoms. The molecule has 0 radical (unpaired) electrons. The maximum absolute atomic E-state index is 6.05. The number of rotatable bonds is 4. The molecule has 0 bridgehead atoms. The fraction of sp³-hybridized carbons (Fsp3) is 0.467. The summed E-state index contributed by atoms with van der Waals surface area (Å²) in [5.41, 5.74) is 8.63. The Balaban J connectivity index is 2.31. The van der Waals surface area contributed by atoms with E-state index in [1.165, 1.54) is 11.1 Å². The van der Waals surface area contributed by atoms with E-state index in [1.54, 1.807) is 0 Å². The van der Waals surface area contributed by atoms with Crippen LogP contribution in [-0.4, -0.2) is 13.2 Å². The van der Waals surface area contributed by atoms with E-state index < -0.39 is 0 Å². The fourth-order valence-electron chi connectivity index (χ4n) is 2.55. The molecule has 92 valence electrons. The molecule has 1 aromatic carbocycles. The monoisotopic (exact) mass is 231 g/mol. The Morgan fingerprint density at radius 3 is 2.94 bits per heavy atom. The highest BCUT2D eigenvalue weighted by Gasteiger charge is 2.35. The summed E-state index contributed by atoms with van der Waals surface area (Å²) in [6.45, 7) is 7.52. The largest absolute Gasteiger partial charge is 0.493 e. The first kappa shape index (κ1) is 12.2. The van der Waals surface area contributed by atoms with Crippen LogP contribution in [0.5, 0.6) is 5.75 Å². The van der Waals surface area contributed by atoms with Gasteiger partial charge < -0.3 is 10.5 Å². The van der Waals surface area contributed by atoms with Gasteiger partial charge in [-0.3, -0.25) is 0 Å². The summed E-state index contributed by atoms with van der Waals surface area (Å²) in [6, 6.07) is 8.28. The van der Waals surface area contributed by atoms with Gasteiger partial charge in [0, 0.05) is 17.5 Å². The quantitative estimate of drug-likeness (QED) is 0.808. The molecule has 1 atom stereocenters. The van der Waals surface area contributed by atoms with Crippen molar-refractivity contribution in [2.24, 2.45) is 5.73 Å². The van der Waals surface area contributed by atoms with Gasteiger partial charge in [0.2, 0.25) is 0 Å². The summed E-state index contributed by atoms with van der Waals surface area (Å²) in [5, 5.41) is 0. The number of allylic oxidation sites excluding steroid dienone is 1. The lowest BCUT2D eigenvalue weighted by Crippen LogP contribution is -2.39. The lowest BCUT2D eigenvalue weighted by atomic mass is 9.72. The summed E-state index contributed by atoms with van der Waals surface area (Å²) >= 11 is 0. The molecule has 0 saturated carbocycles. The van der Waals surface area contributed by atoms with Crippen LogP contribution in [0.25, 0.3) is 0 Å². The standard InChI is InChI=1S/C15H21NO/c1-12(2)7-8-15(11-16)9-10-17-14-6-4-3-5-13(14)15/h3-6H,1,7-11,16H2,2H3. The average Bonchev–Trinajstić information content (AvgIpc) is 2.36. The molecule has 1 heterocycles. The highest BCUT2D eigenvalue weighted by molar-refractivity contribution is 5.41. The van der Waals surface area contributed by atoms with Crippen molar-refractivity contribution in [1.82, 2.24) is 0 Å². The maximum atomic E-state index is 6.05. The van der Waals surface area contributed by atoms with Crippen LogP contribution in [0.4, 0.5) is 0 Å². The summed E-state index contributed by atoms with van der Waals surface area (Å²) in [7, 11) is 0. The van der Waals surface area contributed by atoms with Gasteiger partial charge in [0.25, 0.3) is 0 Å². The normalized spacial score (nSPS) is 22.7. The molecule has 1 unspecified atom stereocenters. The Hall–Kier alpha value is -1.28. The molecule has 2 nitrogen and oxygen atoms in total. The summed E-state index contributed by atoms with van der Waals surface area (Å²) in [4.78, 5) is 0. The first-order valence-corrected chi connectivity index (χ1v) is 6.25. The smallest absolute Gasteiger partial charge is 0.123 e. The van der Waals surface area contributed by atoms with Crippen LogP contribution in [0.1, 0.15) is 31.7 Å². The minimum atomic E-state index is 0.0772. The zero-order chi connectivity index (χ0) is 12.3. The van der Waals surface area contributed by atoms with Gasteiger partial charge in [0.05, 0.1) is 6.61 Å². The van der Waals surface area contributed by atoms with E-state index in [9.17, 15) is 0 Å². The molecular weight excluding hydrogens is 210 g/mol. The van der Waals surface area contributed by atoms with E-state index in [1.807, 2.05) is 12.1 Å². The predicted molar refractivity (Wildman–Crippen MR) is 71.3 cm³/mol. The van der Waals surface area contributed by atoms with E-state index in [0.29, 0.717) is 6.54 Å². The summed E-state index contributed by atoms with van der Waals surface area (Å²) < 4.78 is 5.71. The molecule has 17 heavy (non-hydrogen) atoms. The van der Waals surface area contributed by atoms with Crippen molar-refractivity contribution in [1.29, 1.82) is 0 Å². The van der Waals surface area contributed by atoms with Gasteiger partial charge in [-0.15, -0.1) is 6.58 Å². The van der Waals surface area contributed by atoms with Crippen molar-refractivity contribution in [3.8, 4) is 5.75 Å². The second-order valence-electron chi connectivity index (χ2n) is 5.04. The molecule has 0 fully saturated rings. The first-order chi connectivity index (χ1) is 8.18. The van der Waals surface area contributed by atoms with Crippen molar-refractivity contribution >= 4 is 0 Å². The number of para-hydroxylation sites is 1. The zero-order valence-electron chi connectivity index (χ0n) is 10.5. The third-order valence-corrected chi connectivity index (χ3v) is 3.72. The van der Waals surface area contributed by atoms with Crippen molar-refractivity contribution in [2.45, 2.75) is 31.6 Å². The van der Waals surface area contributed by atoms with Gasteiger partial charge >= 0.3 is 0 Å². The van der Waals surface area contributed by atoms with Crippen LogP contribution in [0, 0.1) is 0 Å². The topological polar surface area (TPSA) is 35.2 Å². The third-order valence-electron chi connectivity index (χ3n) is 3.72. The molecule has 2 rings (SSSR count). The van der Waals surface area contributed by atoms with Gasteiger partial charge in [0.1, 0.15) is 5.75 Å². The Morgan fingerprint density at radius 2 is 2.24 bits per heavy atom. The van der Waals surface area contributed by atoms with Crippen LogP contribution < -0.4 is 10.5 Å². The van der Waals surface area contributed by atoms with Crippen molar-refractivity contribution < 1.29 is 4.74 Å². The highest BCUT2D eigenvalue weighted by Crippen LogP contribution is 2.41. The second kappa shape index (κ2) is 4.92. The molecule has 0 aliphatic carbocycles. The average molecular weight is 231 g/mol. The summed E-state index contributed by atoms with van der Waals surface area (Å²) in [5.74, 6) is 1.01. The van der Waals surface area contributed by atoms with Crippen LogP contribution >= 0.6 is 0 Å². The number of ether oxygens (including phenoxy) is 1. The predicted octanol–water partition coefficient (Wildman–Crippen LogP) is 3.02. The number of benzene rings is 1. The molecule has 0 saturated heterocycles. The van der Waals surface area contributed by atoms with Crippen LogP contribution in [0.15, 0.2) is 36.4 Å². The number of hydrogen-bond acceptors (Lipinski definition) is 2. The third kappa shape index (κ3) is 2.37. The summed E-state index contributed by atoms with van der Waals surface area (Å²) in [6.07, 6.45) is 3.11. The zero-order valence-corrected chi connectivity index (χ0v) is 10.5. The highest BCUT2D eigenvalue weighted by atomic mass is 16.5. The van der Waals surface area contributed by atoms with E-state index in [2.05, 4.69) is 25.6 Å². The van der Waals surface area contributed by atoms with E-state index in [-0.39, 0.29) is 5.41 Å². The van der Waals surface area contributed by atoms with Gasteiger partial charge in [-0.05, 0) is 32.3 Å². The maximum Gasteiger partial charge on any atom is 0.123 e. The SMILES string of the molecule is C=C(C)CCC1(CN)CCOc2ccccc21. The van der Waals surface area contributed by atoms with Gasteiger partial charge in [-0.2, -0.15) is 0 Å². The Labute approximate surface area is 103 Å². The van der Waals surface area contributed by atoms with Gasteiger partial charge in [-0.25, -0.2) is 0 Å². The van der Waals surface area contributed by atoms with Gasteiger partial charge in [0.15, 0.2) is 0 Å². The van der Waals surface area contributed by atoms with E-state index in [4.69, 9.17) is 10.5 Å². The minimum absolute atomic E-state index is 0.0772.